The predicted molar refractivity (Wildman–Crippen MR) is 70.8 cm³/mol. The Labute approximate surface area is 102 Å². The van der Waals surface area contributed by atoms with Gasteiger partial charge in [-0.2, -0.15) is 5.26 Å². The van der Waals surface area contributed by atoms with Crippen LogP contribution in [0.5, 0.6) is 0 Å². The fourth-order valence-corrected chi connectivity index (χ4v) is 1.84. The van der Waals surface area contributed by atoms with E-state index in [0.29, 0.717) is 6.54 Å². The highest BCUT2D eigenvalue weighted by Gasteiger charge is 2.17. The van der Waals surface area contributed by atoms with Crippen molar-refractivity contribution < 1.29 is 0 Å². The van der Waals surface area contributed by atoms with Crippen molar-refractivity contribution in [1.29, 1.82) is 5.26 Å². The number of anilines is 1. The summed E-state index contributed by atoms with van der Waals surface area (Å²) < 4.78 is 2.09. The van der Waals surface area contributed by atoms with Crippen LogP contribution in [0.15, 0.2) is 30.5 Å². The third-order valence-corrected chi connectivity index (χ3v) is 2.92. The zero-order valence-electron chi connectivity index (χ0n) is 10.5. The zero-order chi connectivity index (χ0) is 12.5. The van der Waals surface area contributed by atoms with Crippen LogP contribution in [0, 0.1) is 16.7 Å². The second-order valence-corrected chi connectivity index (χ2v) is 5.02. The number of aromatic nitrogens is 1. The van der Waals surface area contributed by atoms with Crippen molar-refractivity contribution in [1.82, 2.24) is 4.57 Å². The van der Waals surface area contributed by atoms with E-state index in [2.05, 4.69) is 34.3 Å². The third kappa shape index (κ3) is 2.26. The molecular weight excluding hydrogens is 210 g/mol. The molecule has 0 amide bonds. The Bertz CT molecular complexity index is 573. The van der Waals surface area contributed by atoms with E-state index >= 15 is 0 Å². The summed E-state index contributed by atoms with van der Waals surface area (Å²) in [6.07, 6.45) is 2.07. The lowest BCUT2D eigenvalue weighted by Gasteiger charge is -2.16. The Morgan fingerprint density at radius 1 is 1.35 bits per heavy atom. The van der Waals surface area contributed by atoms with Crippen molar-refractivity contribution in [2.45, 2.75) is 13.8 Å². The summed E-state index contributed by atoms with van der Waals surface area (Å²) in [5.41, 5.74) is 1.94. The van der Waals surface area contributed by atoms with Gasteiger partial charge in [0.05, 0.1) is 17.2 Å². The molecule has 17 heavy (non-hydrogen) atoms. The number of nitrogens with one attached hydrogen (secondary N) is 1. The lowest BCUT2D eigenvalue weighted by molar-refractivity contribution is 0.529. The highest BCUT2D eigenvalue weighted by atomic mass is 15.0. The lowest BCUT2D eigenvalue weighted by atomic mass is 9.96. The second-order valence-electron chi connectivity index (χ2n) is 5.02. The molecule has 1 aromatic heterocycles. The van der Waals surface area contributed by atoms with Gasteiger partial charge in [-0.15, -0.1) is 0 Å². The lowest BCUT2D eigenvalue weighted by Crippen LogP contribution is -2.20. The maximum absolute atomic E-state index is 9.00. The van der Waals surface area contributed by atoms with Gasteiger partial charge < -0.3 is 9.88 Å². The molecule has 1 aromatic carbocycles. The Morgan fingerprint density at radius 3 is 2.76 bits per heavy atom. The molecule has 1 N–H and O–H groups in total. The van der Waals surface area contributed by atoms with E-state index in [4.69, 9.17) is 5.26 Å². The molecule has 0 unspecified atom stereocenters. The molecule has 0 aliphatic heterocycles. The molecule has 0 bridgehead atoms. The van der Waals surface area contributed by atoms with Crippen LogP contribution >= 0.6 is 0 Å². The molecule has 2 aromatic rings. The van der Waals surface area contributed by atoms with Gasteiger partial charge in [-0.3, -0.25) is 0 Å². The molecule has 0 aliphatic rings. The summed E-state index contributed by atoms with van der Waals surface area (Å²) >= 11 is 0. The first-order chi connectivity index (χ1) is 8.03. The van der Waals surface area contributed by atoms with Crippen molar-refractivity contribution in [3.8, 4) is 6.07 Å². The fraction of sp³-hybridized carbons (Fsp3) is 0.357. The summed E-state index contributed by atoms with van der Waals surface area (Å²) in [5.74, 6) is 0. The number of hydrogen-bond acceptors (Lipinski definition) is 2. The first kappa shape index (κ1) is 11.5. The molecule has 1 heterocycles. The van der Waals surface area contributed by atoms with Gasteiger partial charge in [-0.25, -0.2) is 0 Å². The molecule has 0 spiro atoms. The van der Waals surface area contributed by atoms with Crippen LogP contribution in [0.2, 0.25) is 0 Å². The second kappa shape index (κ2) is 4.14. The number of aryl methyl sites for hydroxylation is 1. The summed E-state index contributed by atoms with van der Waals surface area (Å²) in [6.45, 7) is 4.52. The highest BCUT2D eigenvalue weighted by molar-refractivity contribution is 5.92. The Kier molecular flexibility index (Phi) is 2.81. The predicted octanol–water partition coefficient (Wildman–Crippen LogP) is 3.14. The van der Waals surface area contributed by atoms with Crippen molar-refractivity contribution in [3.63, 3.8) is 0 Å². The van der Waals surface area contributed by atoms with Gasteiger partial charge in [0.1, 0.15) is 0 Å². The van der Waals surface area contributed by atoms with Crippen molar-refractivity contribution >= 4 is 16.6 Å². The van der Waals surface area contributed by atoms with E-state index in [1.807, 2.05) is 33.0 Å². The highest BCUT2D eigenvalue weighted by Crippen LogP contribution is 2.26. The fourth-order valence-electron chi connectivity index (χ4n) is 1.84. The van der Waals surface area contributed by atoms with E-state index in [1.54, 1.807) is 0 Å². The minimum absolute atomic E-state index is 0.350. The van der Waals surface area contributed by atoms with E-state index in [9.17, 15) is 0 Å². The summed E-state index contributed by atoms with van der Waals surface area (Å²) in [4.78, 5) is 0. The van der Waals surface area contributed by atoms with E-state index < -0.39 is 0 Å². The molecule has 0 aliphatic carbocycles. The minimum atomic E-state index is -0.350. The molecule has 3 nitrogen and oxygen atoms in total. The number of hydrogen-bond donors (Lipinski definition) is 1. The molecule has 88 valence electrons. The van der Waals surface area contributed by atoms with Crippen LogP contribution in [0.25, 0.3) is 10.9 Å². The van der Waals surface area contributed by atoms with Crippen LogP contribution < -0.4 is 5.32 Å². The summed E-state index contributed by atoms with van der Waals surface area (Å²) in [6, 6.07) is 10.5. The maximum Gasteiger partial charge on any atom is 0.0702 e. The number of benzene rings is 1. The number of nitriles is 1. The van der Waals surface area contributed by atoms with Gasteiger partial charge in [0, 0.05) is 30.7 Å². The quantitative estimate of drug-likeness (QED) is 0.875. The van der Waals surface area contributed by atoms with Gasteiger partial charge in [0.25, 0.3) is 0 Å². The van der Waals surface area contributed by atoms with E-state index in [-0.39, 0.29) is 5.41 Å². The van der Waals surface area contributed by atoms with Gasteiger partial charge in [0.15, 0.2) is 0 Å². The number of rotatable bonds is 3. The van der Waals surface area contributed by atoms with Crippen LogP contribution in [0.4, 0.5) is 5.69 Å². The minimum Gasteiger partial charge on any atom is -0.382 e. The Hall–Kier alpha value is -1.95. The van der Waals surface area contributed by atoms with Crippen molar-refractivity contribution in [2.75, 3.05) is 11.9 Å². The molecule has 0 saturated heterocycles. The average Bonchev–Trinajstić information content (AvgIpc) is 2.65. The van der Waals surface area contributed by atoms with Crippen molar-refractivity contribution in [3.05, 3.63) is 30.5 Å². The number of fused-ring (bicyclic) bond motifs is 1. The van der Waals surface area contributed by atoms with E-state index in [1.165, 1.54) is 10.9 Å². The van der Waals surface area contributed by atoms with Gasteiger partial charge >= 0.3 is 0 Å². The molecule has 0 fully saturated rings. The van der Waals surface area contributed by atoms with E-state index in [0.717, 1.165) is 5.69 Å². The first-order valence-electron chi connectivity index (χ1n) is 5.73. The molecule has 0 atom stereocenters. The maximum atomic E-state index is 9.00. The SMILES string of the molecule is Cn1cc(NCC(C)(C)C#N)c2ccccc21. The summed E-state index contributed by atoms with van der Waals surface area (Å²) in [5, 5.41) is 13.5. The zero-order valence-corrected chi connectivity index (χ0v) is 10.5. The molecular formula is C14H17N3. The Balaban J connectivity index is 2.29. The summed E-state index contributed by atoms with van der Waals surface area (Å²) in [7, 11) is 2.03. The molecule has 0 saturated carbocycles. The standard InChI is InChI=1S/C14H17N3/c1-14(2,9-15)10-16-12-8-17(3)13-7-5-4-6-11(12)13/h4-8,16H,10H2,1-3H3. The van der Waals surface area contributed by atoms with Crippen LogP contribution in [0.3, 0.4) is 0 Å². The molecule has 3 heteroatoms. The molecule has 2 rings (SSSR count). The van der Waals surface area contributed by atoms with Gasteiger partial charge in [-0.05, 0) is 19.9 Å². The average molecular weight is 227 g/mol. The smallest absolute Gasteiger partial charge is 0.0702 e. The Morgan fingerprint density at radius 2 is 2.06 bits per heavy atom. The van der Waals surface area contributed by atoms with Crippen LogP contribution in [-0.2, 0) is 7.05 Å². The monoisotopic (exact) mass is 227 g/mol. The first-order valence-corrected chi connectivity index (χ1v) is 5.73. The van der Waals surface area contributed by atoms with Crippen LogP contribution in [0.1, 0.15) is 13.8 Å². The molecule has 0 radical (unpaired) electrons. The van der Waals surface area contributed by atoms with Crippen LogP contribution in [-0.4, -0.2) is 11.1 Å². The van der Waals surface area contributed by atoms with Gasteiger partial charge in [-0.1, -0.05) is 18.2 Å². The normalized spacial score (nSPS) is 11.4. The number of nitrogens with zero attached hydrogens (tertiary/aromatic N) is 2. The van der Waals surface area contributed by atoms with Crippen molar-refractivity contribution in [2.24, 2.45) is 12.5 Å². The number of para-hydroxylation sites is 1. The third-order valence-electron chi connectivity index (χ3n) is 2.92. The van der Waals surface area contributed by atoms with Gasteiger partial charge in [0.2, 0.25) is 0 Å². The largest absolute Gasteiger partial charge is 0.382 e. The topological polar surface area (TPSA) is 40.8 Å².